The molecule has 0 amide bonds. The van der Waals surface area contributed by atoms with E-state index in [2.05, 4.69) is 0 Å². The highest BCUT2D eigenvalue weighted by atomic mass is 19.1. The number of rotatable bonds is 3. The van der Waals surface area contributed by atoms with Gasteiger partial charge in [0.15, 0.2) is 0 Å². The molecule has 0 saturated heterocycles. The van der Waals surface area contributed by atoms with E-state index in [4.69, 9.17) is 0 Å². The predicted molar refractivity (Wildman–Crippen MR) is 73.7 cm³/mol. The van der Waals surface area contributed by atoms with Gasteiger partial charge in [0.2, 0.25) is 0 Å². The molecule has 0 radical (unpaired) electrons. The number of halogens is 1. The topological polar surface area (TPSA) is 43.7 Å². The zero-order valence-corrected chi connectivity index (χ0v) is 11.5. The van der Waals surface area contributed by atoms with E-state index in [1.165, 1.54) is 12.1 Å². The van der Waals surface area contributed by atoms with Gasteiger partial charge >= 0.3 is 0 Å². The Morgan fingerprint density at radius 3 is 2.63 bits per heavy atom. The highest BCUT2D eigenvalue weighted by molar-refractivity contribution is 5.55. The van der Waals surface area contributed by atoms with E-state index < -0.39 is 6.10 Å². The van der Waals surface area contributed by atoms with E-state index in [1.54, 1.807) is 13.0 Å². The van der Waals surface area contributed by atoms with Crippen LogP contribution in [0.15, 0.2) is 18.2 Å². The Morgan fingerprint density at radius 1 is 1.32 bits per heavy atom. The van der Waals surface area contributed by atoms with Crippen molar-refractivity contribution in [3.8, 4) is 0 Å². The molecule has 0 bridgehead atoms. The molecule has 1 fully saturated rings. The van der Waals surface area contributed by atoms with E-state index in [0.29, 0.717) is 5.56 Å². The van der Waals surface area contributed by atoms with E-state index in [-0.39, 0.29) is 18.0 Å². The van der Waals surface area contributed by atoms with Crippen LogP contribution in [-0.4, -0.2) is 29.4 Å². The van der Waals surface area contributed by atoms with Crippen molar-refractivity contribution in [3.05, 3.63) is 29.6 Å². The third-order valence-corrected chi connectivity index (χ3v) is 4.01. The molecule has 0 aromatic heterocycles. The van der Waals surface area contributed by atoms with E-state index >= 15 is 0 Å². The highest BCUT2D eigenvalue weighted by Gasteiger charge is 2.28. The van der Waals surface area contributed by atoms with Gasteiger partial charge < -0.3 is 15.1 Å². The maximum absolute atomic E-state index is 13.3. The van der Waals surface area contributed by atoms with Gasteiger partial charge in [-0.15, -0.1) is 0 Å². The molecular formula is C15H22FNO2. The zero-order chi connectivity index (χ0) is 14.0. The smallest absolute Gasteiger partial charge is 0.123 e. The summed E-state index contributed by atoms with van der Waals surface area (Å²) in [5.74, 6) is -0.350. The van der Waals surface area contributed by atoms with Crippen LogP contribution in [0.4, 0.5) is 10.1 Å². The number of benzene rings is 1. The molecule has 2 rings (SSSR count). The van der Waals surface area contributed by atoms with Crippen LogP contribution in [0.1, 0.15) is 44.3 Å². The van der Waals surface area contributed by atoms with Crippen LogP contribution in [0.3, 0.4) is 0 Å². The Hall–Kier alpha value is -1.13. The highest BCUT2D eigenvalue weighted by Crippen LogP contribution is 2.32. The summed E-state index contributed by atoms with van der Waals surface area (Å²) in [7, 11) is 1.90. The molecule has 106 valence electrons. The van der Waals surface area contributed by atoms with Crippen molar-refractivity contribution in [1.29, 1.82) is 0 Å². The average molecular weight is 267 g/mol. The Kier molecular flexibility index (Phi) is 4.42. The fraction of sp³-hybridized carbons (Fsp3) is 0.600. The third-order valence-electron chi connectivity index (χ3n) is 4.01. The van der Waals surface area contributed by atoms with Crippen LogP contribution in [0.25, 0.3) is 0 Å². The number of hydrogen-bond donors (Lipinski definition) is 2. The summed E-state index contributed by atoms with van der Waals surface area (Å²) in [4.78, 5) is 1.98. The standard InChI is InChI=1S/C15H22FNO2/c1-10(18)12-9-11(16)7-8-13(12)17(2)14-5-3-4-6-15(14)19/h7-10,14-15,18-19H,3-6H2,1-2H3/t10-,14?,15?/m1/s1. The first-order chi connectivity index (χ1) is 9.00. The third kappa shape index (κ3) is 3.07. The second-order valence-corrected chi connectivity index (χ2v) is 5.41. The molecule has 2 N–H and O–H groups in total. The molecule has 0 aliphatic heterocycles. The molecule has 1 aliphatic rings. The van der Waals surface area contributed by atoms with Crippen molar-refractivity contribution in [2.24, 2.45) is 0 Å². The molecule has 4 heteroatoms. The van der Waals surface area contributed by atoms with Crippen LogP contribution in [0, 0.1) is 5.82 Å². The largest absolute Gasteiger partial charge is 0.391 e. The fourth-order valence-corrected chi connectivity index (χ4v) is 2.90. The summed E-state index contributed by atoms with van der Waals surface area (Å²) < 4.78 is 13.3. The van der Waals surface area contributed by atoms with Gasteiger partial charge in [0.1, 0.15) is 5.82 Å². The molecule has 19 heavy (non-hydrogen) atoms. The maximum atomic E-state index is 13.3. The van der Waals surface area contributed by atoms with Gasteiger partial charge in [0, 0.05) is 18.3 Å². The molecule has 1 aliphatic carbocycles. The Balaban J connectivity index is 2.29. The number of anilines is 1. The lowest BCUT2D eigenvalue weighted by atomic mass is 9.91. The maximum Gasteiger partial charge on any atom is 0.123 e. The number of nitrogens with zero attached hydrogens (tertiary/aromatic N) is 1. The van der Waals surface area contributed by atoms with Crippen molar-refractivity contribution in [2.45, 2.75) is 50.9 Å². The molecule has 1 aromatic carbocycles. The minimum atomic E-state index is -0.728. The van der Waals surface area contributed by atoms with Gasteiger partial charge in [-0.25, -0.2) is 4.39 Å². The second-order valence-electron chi connectivity index (χ2n) is 5.41. The number of aliphatic hydroxyl groups excluding tert-OH is 2. The Morgan fingerprint density at radius 2 is 2.00 bits per heavy atom. The van der Waals surface area contributed by atoms with Gasteiger partial charge in [-0.2, -0.15) is 0 Å². The summed E-state index contributed by atoms with van der Waals surface area (Å²) >= 11 is 0. The zero-order valence-electron chi connectivity index (χ0n) is 11.5. The van der Waals surface area contributed by atoms with Crippen LogP contribution < -0.4 is 4.90 Å². The Bertz CT molecular complexity index is 436. The molecule has 3 atom stereocenters. The fourth-order valence-electron chi connectivity index (χ4n) is 2.90. The predicted octanol–water partition coefficient (Wildman–Crippen LogP) is 2.62. The molecule has 2 unspecified atom stereocenters. The van der Waals surface area contributed by atoms with Crippen LogP contribution in [0.5, 0.6) is 0 Å². The van der Waals surface area contributed by atoms with E-state index in [1.807, 2.05) is 11.9 Å². The van der Waals surface area contributed by atoms with Crippen molar-refractivity contribution in [3.63, 3.8) is 0 Å². The minimum Gasteiger partial charge on any atom is -0.391 e. The van der Waals surface area contributed by atoms with Crippen LogP contribution in [0.2, 0.25) is 0 Å². The molecule has 1 saturated carbocycles. The van der Waals surface area contributed by atoms with E-state index in [0.717, 1.165) is 31.4 Å². The Labute approximate surface area is 113 Å². The lowest BCUT2D eigenvalue weighted by Gasteiger charge is -2.37. The molecular weight excluding hydrogens is 245 g/mol. The van der Waals surface area contributed by atoms with Crippen molar-refractivity contribution in [2.75, 3.05) is 11.9 Å². The average Bonchev–Trinajstić information content (AvgIpc) is 2.38. The van der Waals surface area contributed by atoms with Gasteiger partial charge in [-0.1, -0.05) is 12.8 Å². The first-order valence-corrected chi connectivity index (χ1v) is 6.89. The molecule has 3 nitrogen and oxygen atoms in total. The van der Waals surface area contributed by atoms with E-state index in [9.17, 15) is 14.6 Å². The monoisotopic (exact) mass is 267 g/mol. The summed E-state index contributed by atoms with van der Waals surface area (Å²) in [5.41, 5.74) is 1.36. The van der Waals surface area contributed by atoms with Gasteiger partial charge in [0.05, 0.1) is 18.2 Å². The van der Waals surface area contributed by atoms with Gasteiger partial charge in [-0.3, -0.25) is 0 Å². The summed E-state index contributed by atoms with van der Waals surface area (Å²) in [5, 5.41) is 19.9. The summed E-state index contributed by atoms with van der Waals surface area (Å²) in [6.07, 6.45) is 2.80. The number of hydrogen-bond acceptors (Lipinski definition) is 3. The first kappa shape index (κ1) is 14.3. The summed E-state index contributed by atoms with van der Waals surface area (Å²) in [6.45, 7) is 1.63. The molecule has 0 heterocycles. The van der Waals surface area contributed by atoms with Crippen LogP contribution in [-0.2, 0) is 0 Å². The lowest BCUT2D eigenvalue weighted by Crippen LogP contribution is -2.43. The first-order valence-electron chi connectivity index (χ1n) is 6.89. The SMILES string of the molecule is C[C@@H](O)c1cc(F)ccc1N(C)C1CCCCC1O. The van der Waals surface area contributed by atoms with Crippen molar-refractivity contribution in [1.82, 2.24) is 0 Å². The molecule has 0 spiro atoms. The van der Waals surface area contributed by atoms with Crippen molar-refractivity contribution < 1.29 is 14.6 Å². The second kappa shape index (κ2) is 5.88. The normalized spacial score (nSPS) is 25.1. The van der Waals surface area contributed by atoms with Gasteiger partial charge in [-0.05, 0) is 38.0 Å². The lowest BCUT2D eigenvalue weighted by molar-refractivity contribution is 0.106. The number of aliphatic hydroxyl groups is 2. The number of likely N-dealkylation sites (N-methyl/N-ethyl adjacent to an activating group) is 1. The van der Waals surface area contributed by atoms with Crippen molar-refractivity contribution >= 4 is 5.69 Å². The molecule has 1 aromatic rings. The minimum absolute atomic E-state index is 0.0386. The van der Waals surface area contributed by atoms with Gasteiger partial charge in [0.25, 0.3) is 0 Å². The van der Waals surface area contributed by atoms with Crippen LogP contribution >= 0.6 is 0 Å². The summed E-state index contributed by atoms with van der Waals surface area (Å²) in [6, 6.07) is 4.48. The quantitative estimate of drug-likeness (QED) is 0.884.